The molecule has 4 fully saturated rings. The zero-order valence-corrected chi connectivity index (χ0v) is 18.3. The van der Waals surface area contributed by atoms with Crippen molar-refractivity contribution in [1.82, 2.24) is 0 Å². The van der Waals surface area contributed by atoms with Crippen molar-refractivity contribution in [2.45, 2.75) is 96.9 Å². The van der Waals surface area contributed by atoms with E-state index in [1.807, 2.05) is 0 Å². The predicted octanol–water partition coefficient (Wildman–Crippen LogP) is 3.45. The summed E-state index contributed by atoms with van der Waals surface area (Å²) in [5, 5.41) is 42.0. The fraction of sp³-hybridized carbons (Fsp3) is 0.958. The van der Waals surface area contributed by atoms with Gasteiger partial charge in [-0.2, -0.15) is 0 Å². The van der Waals surface area contributed by atoms with Gasteiger partial charge in [-0.05, 0) is 97.7 Å². The molecule has 5 heteroatoms. The van der Waals surface area contributed by atoms with Crippen LogP contribution in [0, 0.1) is 46.3 Å². The van der Waals surface area contributed by atoms with E-state index in [4.69, 9.17) is 5.11 Å². The lowest BCUT2D eigenvalue weighted by Gasteiger charge is -2.63. The maximum atomic E-state index is 11.5. The van der Waals surface area contributed by atoms with Crippen molar-refractivity contribution < 1.29 is 25.2 Å². The molecule has 0 saturated heterocycles. The average Bonchev–Trinajstić information content (AvgIpc) is 3.01. The van der Waals surface area contributed by atoms with Crippen LogP contribution in [0.4, 0.5) is 0 Å². The van der Waals surface area contributed by atoms with Gasteiger partial charge in [0, 0.05) is 6.42 Å². The van der Waals surface area contributed by atoms with E-state index in [1.54, 1.807) is 0 Å². The van der Waals surface area contributed by atoms with Crippen LogP contribution in [0.15, 0.2) is 0 Å². The van der Waals surface area contributed by atoms with Gasteiger partial charge >= 0.3 is 5.97 Å². The van der Waals surface area contributed by atoms with Gasteiger partial charge in [0.1, 0.15) is 0 Å². The summed E-state index contributed by atoms with van der Waals surface area (Å²) in [7, 11) is 0. The van der Waals surface area contributed by atoms with Gasteiger partial charge in [0.15, 0.2) is 0 Å². The molecule has 4 aliphatic rings. The molecule has 0 unspecified atom stereocenters. The van der Waals surface area contributed by atoms with E-state index in [9.17, 15) is 20.1 Å². The van der Waals surface area contributed by atoms with E-state index in [0.29, 0.717) is 30.1 Å². The minimum atomic E-state index is -0.748. The third-order valence-electron chi connectivity index (χ3n) is 10.3. The Bertz CT molecular complexity index is 637. The van der Waals surface area contributed by atoms with Gasteiger partial charge in [-0.15, -0.1) is 0 Å². The SMILES string of the molecule is C[C@H](CCC(=O)O)[C@H]1CC[C@H]2[C@@H]3[C@@H](O)C[C@@H]4C[C@@H](O)CC[C@]4(C)[C@H]3C[C@H](O)[C@]12C. The molecule has 0 aromatic rings. The quantitative estimate of drug-likeness (QED) is 0.571. The summed E-state index contributed by atoms with van der Waals surface area (Å²) in [6.07, 6.45) is 6.00. The molecule has 0 heterocycles. The Balaban J connectivity index is 1.61. The van der Waals surface area contributed by atoms with E-state index in [-0.39, 0.29) is 41.3 Å². The summed E-state index contributed by atoms with van der Waals surface area (Å²) in [4.78, 5) is 11.1. The standard InChI is InChI=1S/C24H40O5/c1-13(4-7-21(28)29)16-5-6-17-22-18(12-20(27)24(16,17)3)23(2)9-8-15(25)10-14(23)11-19(22)26/h13-20,22,25-27H,4-12H2,1-3H3,(H,28,29)/t13-,14+,15+,16-,17+,18+,19+,20+,22+,23+,24-/m1/s1. The number of hydrogen-bond donors (Lipinski definition) is 4. The fourth-order valence-electron chi connectivity index (χ4n) is 8.68. The largest absolute Gasteiger partial charge is 0.481 e. The van der Waals surface area contributed by atoms with Crippen LogP contribution in [0.1, 0.15) is 78.6 Å². The van der Waals surface area contributed by atoms with Crippen LogP contribution in [0.25, 0.3) is 0 Å². The Morgan fingerprint density at radius 2 is 1.76 bits per heavy atom. The molecule has 4 aliphatic carbocycles. The molecule has 4 N–H and O–H groups in total. The minimum Gasteiger partial charge on any atom is -0.481 e. The van der Waals surface area contributed by atoms with Crippen molar-refractivity contribution in [2.24, 2.45) is 46.3 Å². The molecule has 0 aromatic heterocycles. The first-order valence-corrected chi connectivity index (χ1v) is 11.8. The zero-order chi connectivity index (χ0) is 21.1. The lowest BCUT2D eigenvalue weighted by atomic mass is 9.43. The average molecular weight is 409 g/mol. The van der Waals surface area contributed by atoms with Crippen LogP contribution in [0.2, 0.25) is 0 Å². The Hall–Kier alpha value is -0.650. The Morgan fingerprint density at radius 1 is 1.03 bits per heavy atom. The van der Waals surface area contributed by atoms with Crippen molar-refractivity contribution in [3.63, 3.8) is 0 Å². The van der Waals surface area contributed by atoms with Crippen molar-refractivity contribution in [2.75, 3.05) is 0 Å². The lowest BCUT2D eigenvalue weighted by Crippen LogP contribution is -2.62. The number of rotatable bonds is 4. The van der Waals surface area contributed by atoms with Crippen LogP contribution in [0.5, 0.6) is 0 Å². The number of carboxylic acids is 1. The number of hydrogen-bond acceptors (Lipinski definition) is 4. The highest BCUT2D eigenvalue weighted by atomic mass is 16.4. The lowest BCUT2D eigenvalue weighted by molar-refractivity contribution is -0.207. The number of aliphatic hydroxyl groups is 3. The number of aliphatic hydroxyl groups excluding tert-OH is 3. The summed E-state index contributed by atoms with van der Waals surface area (Å²) in [6.45, 7) is 6.72. The maximum Gasteiger partial charge on any atom is 0.303 e. The normalized spacial score (nSPS) is 52.9. The second-order valence-corrected chi connectivity index (χ2v) is 11.4. The maximum absolute atomic E-state index is 11.5. The number of carbonyl (C=O) groups is 1. The second kappa shape index (κ2) is 7.49. The predicted molar refractivity (Wildman–Crippen MR) is 110 cm³/mol. The highest BCUT2D eigenvalue weighted by Crippen LogP contribution is 2.68. The van der Waals surface area contributed by atoms with Crippen LogP contribution >= 0.6 is 0 Å². The Kier molecular flexibility index (Phi) is 5.57. The zero-order valence-electron chi connectivity index (χ0n) is 18.3. The molecule has 0 amide bonds. The van der Waals surface area contributed by atoms with E-state index >= 15 is 0 Å². The molecule has 0 radical (unpaired) electrons. The van der Waals surface area contributed by atoms with Crippen LogP contribution in [-0.4, -0.2) is 44.7 Å². The second-order valence-electron chi connectivity index (χ2n) is 11.4. The minimum absolute atomic E-state index is 0.0957. The summed E-state index contributed by atoms with van der Waals surface area (Å²) >= 11 is 0. The fourth-order valence-corrected chi connectivity index (χ4v) is 8.68. The molecule has 29 heavy (non-hydrogen) atoms. The summed E-state index contributed by atoms with van der Waals surface area (Å²) in [5.41, 5.74) is -0.143. The molecule has 5 nitrogen and oxygen atoms in total. The van der Waals surface area contributed by atoms with Gasteiger partial charge in [-0.1, -0.05) is 20.8 Å². The van der Waals surface area contributed by atoms with Gasteiger partial charge in [-0.25, -0.2) is 0 Å². The van der Waals surface area contributed by atoms with Crippen molar-refractivity contribution in [3.05, 3.63) is 0 Å². The van der Waals surface area contributed by atoms with E-state index < -0.39 is 12.1 Å². The van der Waals surface area contributed by atoms with E-state index in [0.717, 1.165) is 44.9 Å². The Morgan fingerprint density at radius 3 is 2.45 bits per heavy atom. The highest BCUT2D eigenvalue weighted by Gasteiger charge is 2.65. The number of aliphatic carboxylic acids is 1. The summed E-state index contributed by atoms with van der Waals surface area (Å²) < 4.78 is 0. The van der Waals surface area contributed by atoms with Crippen LogP contribution < -0.4 is 0 Å². The molecular weight excluding hydrogens is 368 g/mol. The first kappa shape index (κ1) is 21.6. The van der Waals surface area contributed by atoms with Gasteiger partial charge in [0.05, 0.1) is 18.3 Å². The van der Waals surface area contributed by atoms with Gasteiger partial charge < -0.3 is 20.4 Å². The molecule has 0 bridgehead atoms. The molecule has 0 spiro atoms. The topological polar surface area (TPSA) is 98.0 Å². The van der Waals surface area contributed by atoms with E-state index in [1.165, 1.54) is 0 Å². The molecule has 11 atom stereocenters. The molecule has 0 aromatic carbocycles. The van der Waals surface area contributed by atoms with Crippen molar-refractivity contribution in [3.8, 4) is 0 Å². The molecule has 4 rings (SSSR count). The number of fused-ring (bicyclic) bond motifs is 5. The molecule has 0 aliphatic heterocycles. The monoisotopic (exact) mass is 408 g/mol. The van der Waals surface area contributed by atoms with E-state index in [2.05, 4.69) is 20.8 Å². The highest BCUT2D eigenvalue weighted by molar-refractivity contribution is 5.66. The molecular formula is C24H40O5. The third-order valence-corrected chi connectivity index (χ3v) is 10.3. The summed E-state index contributed by atoms with van der Waals surface area (Å²) in [6, 6.07) is 0. The summed E-state index contributed by atoms with van der Waals surface area (Å²) in [5.74, 6) is 0.997. The van der Waals surface area contributed by atoms with Crippen LogP contribution in [-0.2, 0) is 4.79 Å². The number of carboxylic acid groups (broad SMARTS) is 1. The van der Waals surface area contributed by atoms with Crippen molar-refractivity contribution >= 4 is 5.97 Å². The van der Waals surface area contributed by atoms with Gasteiger partial charge in [-0.3, -0.25) is 4.79 Å². The van der Waals surface area contributed by atoms with Crippen LogP contribution in [0.3, 0.4) is 0 Å². The van der Waals surface area contributed by atoms with Gasteiger partial charge in [0.2, 0.25) is 0 Å². The molecule has 166 valence electrons. The Labute approximate surface area is 174 Å². The van der Waals surface area contributed by atoms with Crippen molar-refractivity contribution in [1.29, 1.82) is 0 Å². The third kappa shape index (κ3) is 3.27. The molecule has 4 saturated carbocycles. The first-order valence-electron chi connectivity index (χ1n) is 11.8. The smallest absolute Gasteiger partial charge is 0.303 e. The van der Waals surface area contributed by atoms with Gasteiger partial charge in [0.25, 0.3) is 0 Å². The first-order chi connectivity index (χ1) is 13.6.